The average Bonchev–Trinajstić information content (AvgIpc) is 2.58. The van der Waals surface area contributed by atoms with Crippen LogP contribution in [0.4, 0.5) is 0 Å². The second-order valence-corrected chi connectivity index (χ2v) is 4.86. The molecule has 0 aliphatic carbocycles. The summed E-state index contributed by atoms with van der Waals surface area (Å²) in [6, 6.07) is 23.1. The zero-order valence-electron chi connectivity index (χ0n) is 11.5. The summed E-state index contributed by atoms with van der Waals surface area (Å²) < 4.78 is 0. The molecular formula is C19H15NO. The molecule has 1 atom stereocenters. The van der Waals surface area contributed by atoms with E-state index in [1.54, 1.807) is 12.4 Å². The molecular weight excluding hydrogens is 258 g/mol. The van der Waals surface area contributed by atoms with Gasteiger partial charge >= 0.3 is 0 Å². The maximum Gasteiger partial charge on any atom is 0.174 e. The molecule has 2 aromatic carbocycles. The molecule has 0 amide bonds. The highest BCUT2D eigenvalue weighted by Gasteiger charge is 2.23. The van der Waals surface area contributed by atoms with E-state index in [4.69, 9.17) is 0 Å². The van der Waals surface area contributed by atoms with E-state index in [0.29, 0.717) is 0 Å². The summed E-state index contributed by atoms with van der Waals surface area (Å²) in [6.45, 7) is 0. The fourth-order valence-corrected chi connectivity index (χ4v) is 2.46. The highest BCUT2D eigenvalue weighted by atomic mass is 16.1. The Labute approximate surface area is 124 Å². The Bertz CT molecular complexity index is 669. The molecule has 3 aromatic rings. The van der Waals surface area contributed by atoms with Gasteiger partial charge in [0.25, 0.3) is 0 Å². The van der Waals surface area contributed by atoms with E-state index in [1.165, 1.54) is 0 Å². The smallest absolute Gasteiger partial charge is 0.174 e. The second-order valence-electron chi connectivity index (χ2n) is 4.86. The van der Waals surface area contributed by atoms with Gasteiger partial charge in [-0.2, -0.15) is 0 Å². The van der Waals surface area contributed by atoms with Gasteiger partial charge in [-0.3, -0.25) is 9.78 Å². The van der Waals surface area contributed by atoms with Crippen LogP contribution in [-0.2, 0) is 0 Å². The monoisotopic (exact) mass is 273 g/mol. The molecule has 3 rings (SSSR count). The lowest BCUT2D eigenvalue weighted by molar-refractivity contribution is 0.0974. The van der Waals surface area contributed by atoms with Crippen LogP contribution in [0.3, 0.4) is 0 Å². The molecule has 2 heteroatoms. The molecule has 0 radical (unpaired) electrons. The predicted molar refractivity (Wildman–Crippen MR) is 83.3 cm³/mol. The maximum atomic E-state index is 12.9. The van der Waals surface area contributed by atoms with E-state index in [2.05, 4.69) is 4.98 Å². The summed E-state index contributed by atoms with van der Waals surface area (Å²) in [5.74, 6) is -0.225. The third-order valence-electron chi connectivity index (χ3n) is 3.47. The number of hydrogen-bond donors (Lipinski definition) is 0. The van der Waals surface area contributed by atoms with E-state index < -0.39 is 0 Å². The minimum atomic E-state index is -0.317. The Morgan fingerprint density at radius 1 is 0.762 bits per heavy atom. The Kier molecular flexibility index (Phi) is 3.88. The largest absolute Gasteiger partial charge is 0.293 e. The van der Waals surface area contributed by atoms with Crippen molar-refractivity contribution >= 4 is 5.78 Å². The first-order valence-corrected chi connectivity index (χ1v) is 6.90. The quantitative estimate of drug-likeness (QED) is 0.670. The number of Topliss-reactive ketones (excluding diaryl/α,β-unsaturated/α-hetero) is 1. The minimum absolute atomic E-state index is 0.0924. The number of carbonyl (C=O) groups excluding carboxylic acids is 1. The van der Waals surface area contributed by atoms with Crippen LogP contribution in [0.15, 0.2) is 85.2 Å². The van der Waals surface area contributed by atoms with E-state index >= 15 is 0 Å². The van der Waals surface area contributed by atoms with Crippen molar-refractivity contribution in [3.8, 4) is 0 Å². The first-order valence-electron chi connectivity index (χ1n) is 6.90. The number of hydrogen-bond acceptors (Lipinski definition) is 2. The number of aromatic nitrogens is 1. The van der Waals surface area contributed by atoms with E-state index in [0.717, 1.165) is 16.7 Å². The van der Waals surface area contributed by atoms with Crippen LogP contribution in [0.2, 0.25) is 0 Å². The molecule has 1 aromatic heterocycles. The van der Waals surface area contributed by atoms with Gasteiger partial charge in [0.2, 0.25) is 0 Å². The summed E-state index contributed by atoms with van der Waals surface area (Å²) in [5.41, 5.74) is 2.62. The van der Waals surface area contributed by atoms with Crippen LogP contribution in [0.5, 0.6) is 0 Å². The number of ketones is 1. The predicted octanol–water partition coefficient (Wildman–Crippen LogP) is 4.10. The van der Waals surface area contributed by atoms with E-state index in [1.807, 2.05) is 72.8 Å². The normalized spacial score (nSPS) is 11.8. The van der Waals surface area contributed by atoms with Crippen molar-refractivity contribution in [2.45, 2.75) is 5.92 Å². The van der Waals surface area contributed by atoms with E-state index in [-0.39, 0.29) is 11.7 Å². The van der Waals surface area contributed by atoms with Gasteiger partial charge in [-0.05, 0) is 17.2 Å². The van der Waals surface area contributed by atoms with Crippen LogP contribution in [-0.4, -0.2) is 10.8 Å². The van der Waals surface area contributed by atoms with Crippen LogP contribution in [0, 0.1) is 0 Å². The highest BCUT2D eigenvalue weighted by Crippen LogP contribution is 2.27. The van der Waals surface area contributed by atoms with Gasteiger partial charge in [0, 0.05) is 18.0 Å². The van der Waals surface area contributed by atoms with Crippen LogP contribution >= 0.6 is 0 Å². The lowest BCUT2D eigenvalue weighted by Gasteiger charge is -2.16. The van der Waals surface area contributed by atoms with Crippen LogP contribution in [0.25, 0.3) is 0 Å². The summed E-state index contributed by atoms with van der Waals surface area (Å²) in [6.07, 6.45) is 3.48. The summed E-state index contributed by atoms with van der Waals surface area (Å²) in [4.78, 5) is 17.1. The molecule has 102 valence electrons. The van der Waals surface area contributed by atoms with Crippen molar-refractivity contribution in [1.82, 2.24) is 4.98 Å². The number of carbonyl (C=O) groups is 1. The number of benzene rings is 2. The summed E-state index contributed by atoms with van der Waals surface area (Å²) in [7, 11) is 0. The van der Waals surface area contributed by atoms with Gasteiger partial charge < -0.3 is 0 Å². The zero-order valence-corrected chi connectivity index (χ0v) is 11.5. The first kappa shape index (κ1) is 13.3. The average molecular weight is 273 g/mol. The lowest BCUT2D eigenvalue weighted by atomic mass is 9.86. The van der Waals surface area contributed by atoms with Crippen molar-refractivity contribution in [3.63, 3.8) is 0 Å². The van der Waals surface area contributed by atoms with Crippen molar-refractivity contribution in [2.24, 2.45) is 0 Å². The molecule has 0 saturated heterocycles. The van der Waals surface area contributed by atoms with Gasteiger partial charge in [0.1, 0.15) is 0 Å². The fourth-order valence-electron chi connectivity index (χ4n) is 2.46. The summed E-state index contributed by atoms with van der Waals surface area (Å²) >= 11 is 0. The summed E-state index contributed by atoms with van der Waals surface area (Å²) in [5, 5.41) is 0. The van der Waals surface area contributed by atoms with Crippen molar-refractivity contribution in [3.05, 3.63) is 102 Å². The molecule has 0 fully saturated rings. The van der Waals surface area contributed by atoms with Gasteiger partial charge in [-0.1, -0.05) is 66.7 Å². The van der Waals surface area contributed by atoms with Crippen molar-refractivity contribution in [1.29, 1.82) is 0 Å². The number of nitrogens with zero attached hydrogens (tertiary/aromatic N) is 1. The van der Waals surface area contributed by atoms with Gasteiger partial charge in [-0.15, -0.1) is 0 Å². The molecule has 0 N–H and O–H groups in total. The van der Waals surface area contributed by atoms with Gasteiger partial charge in [0.05, 0.1) is 5.92 Å². The first-order chi connectivity index (χ1) is 10.4. The van der Waals surface area contributed by atoms with E-state index in [9.17, 15) is 4.79 Å². The molecule has 0 unspecified atom stereocenters. The third kappa shape index (κ3) is 2.90. The fraction of sp³-hybridized carbons (Fsp3) is 0.0526. The second kappa shape index (κ2) is 6.14. The van der Waals surface area contributed by atoms with Gasteiger partial charge in [-0.25, -0.2) is 0 Å². The molecule has 0 aliphatic rings. The number of pyridine rings is 1. The topological polar surface area (TPSA) is 30.0 Å². The third-order valence-corrected chi connectivity index (χ3v) is 3.47. The Morgan fingerprint density at radius 3 is 2.00 bits per heavy atom. The Hall–Kier alpha value is -2.74. The molecule has 0 aliphatic heterocycles. The maximum absolute atomic E-state index is 12.9. The Morgan fingerprint density at radius 2 is 1.38 bits per heavy atom. The lowest BCUT2D eigenvalue weighted by Crippen LogP contribution is -2.14. The number of rotatable bonds is 4. The van der Waals surface area contributed by atoms with Crippen LogP contribution < -0.4 is 0 Å². The SMILES string of the molecule is O=C(c1ccccc1)[C@H](c1ccccc1)c1cccnc1. The van der Waals surface area contributed by atoms with Crippen molar-refractivity contribution in [2.75, 3.05) is 0 Å². The minimum Gasteiger partial charge on any atom is -0.293 e. The molecule has 0 bridgehead atoms. The van der Waals surface area contributed by atoms with Crippen molar-refractivity contribution < 1.29 is 4.79 Å². The highest BCUT2D eigenvalue weighted by molar-refractivity contribution is 6.03. The molecule has 0 saturated carbocycles. The van der Waals surface area contributed by atoms with Gasteiger partial charge in [0.15, 0.2) is 5.78 Å². The molecule has 1 heterocycles. The standard InChI is InChI=1S/C19H15NO/c21-19(16-10-5-2-6-11-16)18(15-8-3-1-4-9-15)17-12-7-13-20-14-17/h1-14,18H/t18-/m1/s1. The van der Waals surface area contributed by atoms with Crippen LogP contribution in [0.1, 0.15) is 27.4 Å². The molecule has 2 nitrogen and oxygen atoms in total. The molecule has 0 spiro atoms. The zero-order chi connectivity index (χ0) is 14.5. The Balaban J connectivity index is 2.07. The molecule has 21 heavy (non-hydrogen) atoms.